The van der Waals surface area contributed by atoms with Gasteiger partial charge in [0, 0.05) is 18.7 Å². The maximum absolute atomic E-state index is 11.9. The smallest absolute Gasteiger partial charge is 0.229 e. The number of hydrogen-bond acceptors (Lipinski definition) is 2. The number of nitrogens with zero attached hydrogens (tertiary/aromatic N) is 1. The molecule has 1 aliphatic heterocycles. The van der Waals surface area contributed by atoms with Crippen molar-refractivity contribution in [3.8, 4) is 0 Å². The standard InChI is InChI=1S/C18H19N3O/c19-16-7-4-12-21(16)15-10-8-14(9-11-15)17(18(20)22)13-5-2-1-3-6-13/h1-3,5-6,8-11,17,19H,4,7,12H2,(H2,20,22). The summed E-state index contributed by atoms with van der Waals surface area (Å²) < 4.78 is 0. The van der Waals surface area contributed by atoms with E-state index in [-0.39, 0.29) is 5.91 Å². The molecule has 112 valence electrons. The van der Waals surface area contributed by atoms with Gasteiger partial charge in [-0.2, -0.15) is 0 Å². The fraction of sp³-hybridized carbons (Fsp3) is 0.222. The van der Waals surface area contributed by atoms with E-state index in [2.05, 4.69) is 0 Å². The number of carbonyl (C=O) groups excluding carboxylic acids is 1. The second-order valence-electron chi connectivity index (χ2n) is 5.54. The summed E-state index contributed by atoms with van der Waals surface area (Å²) in [4.78, 5) is 13.9. The van der Waals surface area contributed by atoms with Crippen molar-refractivity contribution >= 4 is 17.4 Å². The van der Waals surface area contributed by atoms with Crippen LogP contribution in [0.15, 0.2) is 54.6 Å². The minimum absolute atomic E-state index is 0.354. The van der Waals surface area contributed by atoms with Crippen LogP contribution in [0.25, 0.3) is 0 Å². The van der Waals surface area contributed by atoms with E-state index in [1.54, 1.807) is 0 Å². The second-order valence-corrected chi connectivity index (χ2v) is 5.54. The Bertz CT molecular complexity index is 679. The number of hydrogen-bond donors (Lipinski definition) is 2. The molecular weight excluding hydrogens is 274 g/mol. The Morgan fingerprint density at radius 3 is 2.23 bits per heavy atom. The van der Waals surface area contributed by atoms with Crippen molar-refractivity contribution in [1.82, 2.24) is 0 Å². The predicted molar refractivity (Wildman–Crippen MR) is 88.2 cm³/mol. The molecule has 1 aliphatic rings. The Kier molecular flexibility index (Phi) is 3.92. The number of carbonyl (C=O) groups is 1. The topological polar surface area (TPSA) is 70.2 Å². The van der Waals surface area contributed by atoms with Crippen LogP contribution in [0.3, 0.4) is 0 Å². The third-order valence-corrected chi connectivity index (χ3v) is 4.08. The quantitative estimate of drug-likeness (QED) is 0.910. The van der Waals surface area contributed by atoms with Crippen LogP contribution < -0.4 is 10.6 Å². The Balaban J connectivity index is 1.90. The van der Waals surface area contributed by atoms with Gasteiger partial charge in [-0.25, -0.2) is 0 Å². The van der Waals surface area contributed by atoms with Crippen molar-refractivity contribution in [2.75, 3.05) is 11.4 Å². The van der Waals surface area contributed by atoms with E-state index in [1.165, 1.54) is 0 Å². The molecule has 1 unspecified atom stereocenters. The first kappa shape index (κ1) is 14.3. The molecule has 1 atom stereocenters. The van der Waals surface area contributed by atoms with Gasteiger partial charge in [-0.1, -0.05) is 42.5 Å². The average Bonchev–Trinajstić information content (AvgIpc) is 2.95. The summed E-state index contributed by atoms with van der Waals surface area (Å²) in [5.74, 6) is -0.136. The van der Waals surface area contributed by atoms with E-state index >= 15 is 0 Å². The molecule has 3 N–H and O–H groups in total. The molecule has 1 heterocycles. The van der Waals surface area contributed by atoms with Crippen LogP contribution >= 0.6 is 0 Å². The Hall–Kier alpha value is -2.62. The van der Waals surface area contributed by atoms with Crippen molar-refractivity contribution < 1.29 is 4.79 Å². The monoisotopic (exact) mass is 293 g/mol. The first-order valence-electron chi connectivity index (χ1n) is 7.46. The molecule has 0 aromatic heterocycles. The van der Waals surface area contributed by atoms with Crippen molar-refractivity contribution in [2.45, 2.75) is 18.8 Å². The van der Waals surface area contributed by atoms with Gasteiger partial charge in [-0.15, -0.1) is 0 Å². The van der Waals surface area contributed by atoms with Gasteiger partial charge < -0.3 is 10.6 Å². The highest BCUT2D eigenvalue weighted by molar-refractivity contribution is 5.97. The van der Waals surface area contributed by atoms with E-state index in [4.69, 9.17) is 11.1 Å². The summed E-state index contributed by atoms with van der Waals surface area (Å²) in [6, 6.07) is 17.4. The van der Waals surface area contributed by atoms with E-state index in [0.717, 1.165) is 36.2 Å². The highest BCUT2D eigenvalue weighted by Crippen LogP contribution is 2.28. The lowest BCUT2D eigenvalue weighted by Gasteiger charge is -2.20. The molecule has 4 nitrogen and oxygen atoms in total. The number of nitrogens with two attached hydrogens (primary N) is 1. The highest BCUT2D eigenvalue weighted by atomic mass is 16.1. The molecule has 0 aliphatic carbocycles. The number of primary amides is 1. The van der Waals surface area contributed by atoms with Crippen molar-refractivity contribution in [3.63, 3.8) is 0 Å². The highest BCUT2D eigenvalue weighted by Gasteiger charge is 2.22. The van der Waals surface area contributed by atoms with E-state index in [0.29, 0.717) is 5.84 Å². The molecule has 2 aromatic carbocycles. The minimum atomic E-state index is -0.437. The molecule has 0 radical (unpaired) electrons. The zero-order valence-electron chi connectivity index (χ0n) is 12.3. The lowest BCUT2D eigenvalue weighted by atomic mass is 9.90. The van der Waals surface area contributed by atoms with Crippen LogP contribution in [0.1, 0.15) is 29.9 Å². The lowest BCUT2D eigenvalue weighted by molar-refractivity contribution is -0.118. The summed E-state index contributed by atoms with van der Waals surface area (Å²) >= 11 is 0. The fourth-order valence-electron chi connectivity index (χ4n) is 2.97. The van der Waals surface area contributed by atoms with Gasteiger partial charge in [0.1, 0.15) is 5.84 Å². The molecule has 0 bridgehead atoms. The molecule has 3 rings (SSSR count). The molecular formula is C18H19N3O. The minimum Gasteiger partial charge on any atom is -0.369 e. The lowest BCUT2D eigenvalue weighted by Crippen LogP contribution is -2.24. The molecule has 2 aromatic rings. The Morgan fingerprint density at radius 1 is 1.05 bits per heavy atom. The number of nitrogens with one attached hydrogen (secondary N) is 1. The van der Waals surface area contributed by atoms with Gasteiger partial charge in [-0.05, 0) is 29.7 Å². The van der Waals surface area contributed by atoms with Crippen LogP contribution in [0.4, 0.5) is 5.69 Å². The second kappa shape index (κ2) is 6.02. The molecule has 1 amide bonds. The van der Waals surface area contributed by atoms with Gasteiger partial charge in [0.2, 0.25) is 5.91 Å². The average molecular weight is 293 g/mol. The molecule has 4 heteroatoms. The summed E-state index contributed by atoms with van der Waals surface area (Å²) in [7, 11) is 0. The Labute approximate surface area is 130 Å². The number of amides is 1. The van der Waals surface area contributed by atoms with Gasteiger partial charge in [0.25, 0.3) is 0 Å². The number of anilines is 1. The van der Waals surface area contributed by atoms with Crippen LogP contribution in [0, 0.1) is 5.41 Å². The number of benzene rings is 2. The van der Waals surface area contributed by atoms with Gasteiger partial charge in [0.05, 0.1) is 5.92 Å². The van der Waals surface area contributed by atoms with Crippen LogP contribution in [-0.4, -0.2) is 18.3 Å². The van der Waals surface area contributed by atoms with Gasteiger partial charge in [0.15, 0.2) is 0 Å². The number of rotatable bonds is 4. The van der Waals surface area contributed by atoms with Gasteiger partial charge >= 0.3 is 0 Å². The largest absolute Gasteiger partial charge is 0.369 e. The van der Waals surface area contributed by atoms with E-state index in [1.807, 2.05) is 59.5 Å². The molecule has 0 spiro atoms. The third kappa shape index (κ3) is 2.72. The summed E-state index contributed by atoms with van der Waals surface area (Å²) in [5, 5.41) is 7.94. The maximum Gasteiger partial charge on any atom is 0.229 e. The van der Waals surface area contributed by atoms with Crippen LogP contribution in [-0.2, 0) is 4.79 Å². The first-order chi connectivity index (χ1) is 10.7. The number of amidine groups is 1. The SMILES string of the molecule is N=C1CCCN1c1ccc(C(C(N)=O)c2ccccc2)cc1. The predicted octanol–water partition coefficient (Wildman–Crippen LogP) is 2.88. The summed E-state index contributed by atoms with van der Waals surface area (Å²) in [5.41, 5.74) is 8.38. The van der Waals surface area contributed by atoms with E-state index < -0.39 is 5.92 Å². The van der Waals surface area contributed by atoms with Crippen LogP contribution in [0.2, 0.25) is 0 Å². The van der Waals surface area contributed by atoms with E-state index in [9.17, 15) is 4.79 Å². The van der Waals surface area contributed by atoms with Crippen molar-refractivity contribution in [1.29, 1.82) is 5.41 Å². The first-order valence-corrected chi connectivity index (χ1v) is 7.46. The summed E-state index contributed by atoms with van der Waals surface area (Å²) in [6.45, 7) is 0.885. The van der Waals surface area contributed by atoms with Crippen molar-refractivity contribution in [3.05, 3.63) is 65.7 Å². The zero-order chi connectivity index (χ0) is 15.5. The third-order valence-electron chi connectivity index (χ3n) is 4.08. The van der Waals surface area contributed by atoms with Gasteiger partial charge in [-0.3, -0.25) is 10.2 Å². The fourth-order valence-corrected chi connectivity index (χ4v) is 2.97. The summed E-state index contributed by atoms with van der Waals surface area (Å²) in [6.07, 6.45) is 1.85. The molecule has 22 heavy (non-hydrogen) atoms. The maximum atomic E-state index is 11.9. The Morgan fingerprint density at radius 2 is 1.68 bits per heavy atom. The zero-order valence-corrected chi connectivity index (χ0v) is 12.3. The normalized spacial score (nSPS) is 15.8. The molecule has 0 saturated carbocycles. The van der Waals surface area contributed by atoms with Crippen LogP contribution in [0.5, 0.6) is 0 Å². The van der Waals surface area contributed by atoms with Crippen molar-refractivity contribution in [2.24, 2.45) is 5.73 Å². The molecule has 1 fully saturated rings. The molecule has 1 saturated heterocycles.